The van der Waals surface area contributed by atoms with Crippen molar-refractivity contribution in [1.29, 1.82) is 0 Å². The highest BCUT2D eigenvalue weighted by molar-refractivity contribution is 6.30. The van der Waals surface area contributed by atoms with Crippen molar-refractivity contribution in [3.05, 3.63) is 59.5 Å². The number of anilines is 1. The maximum absolute atomic E-state index is 11.9. The van der Waals surface area contributed by atoms with E-state index < -0.39 is 0 Å². The molecule has 10 heteroatoms. The first-order valence-corrected chi connectivity index (χ1v) is 10.7. The van der Waals surface area contributed by atoms with E-state index in [1.54, 1.807) is 43.1 Å². The monoisotopic (exact) mass is 449 g/mol. The van der Waals surface area contributed by atoms with E-state index in [-0.39, 0.29) is 12.0 Å². The third-order valence-corrected chi connectivity index (χ3v) is 5.96. The molecule has 1 aliphatic heterocycles. The Morgan fingerprint density at radius 2 is 2.09 bits per heavy atom. The number of aromatic amines is 1. The third-order valence-electron chi connectivity index (χ3n) is 5.74. The second-order valence-corrected chi connectivity index (χ2v) is 8.24. The Hall–Kier alpha value is -3.59. The molecule has 4 aromatic rings. The van der Waals surface area contributed by atoms with Crippen LogP contribution in [0.3, 0.4) is 0 Å². The zero-order valence-corrected chi connectivity index (χ0v) is 18.0. The number of nitrogens with one attached hydrogen (secondary N) is 1. The Bertz CT molecular complexity index is 1240. The molecular weight excluding hydrogens is 430 g/mol. The van der Waals surface area contributed by atoms with E-state index in [0.717, 1.165) is 24.8 Å². The Balaban J connectivity index is 1.41. The molecule has 0 amide bonds. The zero-order valence-electron chi connectivity index (χ0n) is 17.3. The highest BCUT2D eigenvalue weighted by Gasteiger charge is 2.31. The minimum absolute atomic E-state index is 0.0632. The highest BCUT2D eigenvalue weighted by atomic mass is 35.5. The summed E-state index contributed by atoms with van der Waals surface area (Å²) in [4.78, 5) is 34.6. The number of aromatic nitrogens is 6. The lowest BCUT2D eigenvalue weighted by atomic mass is 9.92. The van der Waals surface area contributed by atoms with Crippen LogP contribution < -0.4 is 4.90 Å². The number of carbonyl (C=O) groups is 1. The molecule has 0 saturated carbocycles. The second kappa shape index (κ2) is 8.51. The first kappa shape index (κ1) is 20.3. The van der Waals surface area contributed by atoms with E-state index in [1.807, 2.05) is 0 Å². The normalized spacial score (nSPS) is 18.6. The molecule has 5 rings (SSSR count). The lowest BCUT2D eigenvalue weighted by molar-refractivity contribution is 0.112. The van der Waals surface area contributed by atoms with Gasteiger partial charge in [-0.05, 0) is 31.9 Å². The van der Waals surface area contributed by atoms with Crippen molar-refractivity contribution in [3.8, 4) is 23.0 Å². The van der Waals surface area contributed by atoms with Crippen LogP contribution in [0, 0.1) is 0 Å². The molecular formula is C22H20ClN7O2. The van der Waals surface area contributed by atoms with Gasteiger partial charge in [0.2, 0.25) is 0 Å². The van der Waals surface area contributed by atoms with E-state index in [1.165, 1.54) is 0 Å². The van der Waals surface area contributed by atoms with Gasteiger partial charge in [0.25, 0.3) is 5.89 Å². The molecule has 32 heavy (non-hydrogen) atoms. The largest absolute Gasteiger partial charge is 0.366 e. The predicted molar refractivity (Wildman–Crippen MR) is 119 cm³/mol. The van der Waals surface area contributed by atoms with Gasteiger partial charge in [0.05, 0.1) is 28.8 Å². The maximum Gasteiger partial charge on any atom is 0.274 e. The molecule has 1 fully saturated rings. The predicted octanol–water partition coefficient (Wildman–Crippen LogP) is 4.16. The summed E-state index contributed by atoms with van der Waals surface area (Å²) in [7, 11) is 0. The smallest absolute Gasteiger partial charge is 0.274 e. The van der Waals surface area contributed by atoms with Gasteiger partial charge in [0, 0.05) is 42.7 Å². The van der Waals surface area contributed by atoms with Crippen molar-refractivity contribution in [2.75, 3.05) is 11.4 Å². The topological polar surface area (TPSA) is 114 Å². The summed E-state index contributed by atoms with van der Waals surface area (Å²) in [6, 6.07) is 3.74. The summed E-state index contributed by atoms with van der Waals surface area (Å²) < 4.78 is 5.44. The number of hydrogen-bond acceptors (Lipinski definition) is 8. The number of aldehydes is 1. The summed E-state index contributed by atoms with van der Waals surface area (Å²) in [6.45, 7) is 2.79. The Kier molecular flexibility index (Phi) is 5.40. The molecule has 0 aromatic carbocycles. The van der Waals surface area contributed by atoms with Crippen molar-refractivity contribution in [1.82, 2.24) is 30.1 Å². The average Bonchev–Trinajstić information content (AvgIpc) is 3.49. The van der Waals surface area contributed by atoms with Gasteiger partial charge >= 0.3 is 0 Å². The van der Waals surface area contributed by atoms with Crippen molar-refractivity contribution >= 4 is 23.6 Å². The number of halogens is 1. The summed E-state index contributed by atoms with van der Waals surface area (Å²) in [6.07, 6.45) is 10.9. The molecule has 9 nitrogen and oxygen atoms in total. The Morgan fingerprint density at radius 1 is 1.19 bits per heavy atom. The fourth-order valence-electron chi connectivity index (χ4n) is 4.02. The van der Waals surface area contributed by atoms with Crippen LogP contribution in [0.15, 0.2) is 47.6 Å². The van der Waals surface area contributed by atoms with Crippen LogP contribution >= 0.6 is 11.6 Å². The second-order valence-electron chi connectivity index (χ2n) is 7.80. The molecule has 0 spiro atoms. The molecule has 0 radical (unpaired) electrons. The first-order valence-electron chi connectivity index (χ1n) is 10.3. The maximum atomic E-state index is 11.9. The van der Waals surface area contributed by atoms with E-state index >= 15 is 0 Å². The van der Waals surface area contributed by atoms with Crippen molar-refractivity contribution in [2.45, 2.75) is 31.7 Å². The quantitative estimate of drug-likeness (QED) is 0.452. The Morgan fingerprint density at radius 3 is 2.84 bits per heavy atom. The van der Waals surface area contributed by atoms with Gasteiger partial charge in [-0.2, -0.15) is 4.98 Å². The van der Waals surface area contributed by atoms with E-state index in [9.17, 15) is 4.79 Å². The summed E-state index contributed by atoms with van der Waals surface area (Å²) >= 11 is 5.98. The molecule has 5 heterocycles. The Labute approximate surface area is 188 Å². The van der Waals surface area contributed by atoms with Crippen LogP contribution in [0.2, 0.25) is 5.02 Å². The van der Waals surface area contributed by atoms with Crippen LogP contribution in [0.1, 0.15) is 41.9 Å². The van der Waals surface area contributed by atoms with Gasteiger partial charge in [-0.15, -0.1) is 0 Å². The van der Waals surface area contributed by atoms with Crippen LogP contribution in [0.25, 0.3) is 23.0 Å². The van der Waals surface area contributed by atoms with Crippen molar-refractivity contribution in [3.63, 3.8) is 0 Å². The molecule has 0 aliphatic carbocycles. The molecule has 0 bridgehead atoms. The fourth-order valence-corrected chi connectivity index (χ4v) is 4.19. The summed E-state index contributed by atoms with van der Waals surface area (Å²) in [5.74, 6) is 1.10. The minimum atomic E-state index is 0.0632. The summed E-state index contributed by atoms with van der Waals surface area (Å²) in [5.41, 5.74) is 3.25. The number of carbonyl (C=O) groups excluding carboxylic acids is 1. The number of rotatable bonds is 5. The molecule has 2 atom stereocenters. The van der Waals surface area contributed by atoms with Crippen LogP contribution in [-0.2, 0) is 0 Å². The number of hydrogen-bond donors (Lipinski definition) is 1. The number of pyridine rings is 1. The fraction of sp³-hybridized carbons (Fsp3) is 0.273. The third kappa shape index (κ3) is 3.87. The molecule has 4 aromatic heterocycles. The van der Waals surface area contributed by atoms with Gasteiger partial charge < -0.3 is 14.4 Å². The van der Waals surface area contributed by atoms with Gasteiger partial charge in [-0.3, -0.25) is 19.7 Å². The van der Waals surface area contributed by atoms with Crippen molar-refractivity contribution < 1.29 is 9.32 Å². The van der Waals surface area contributed by atoms with E-state index in [4.69, 9.17) is 16.1 Å². The van der Waals surface area contributed by atoms with Gasteiger partial charge in [0.1, 0.15) is 11.4 Å². The van der Waals surface area contributed by atoms with Crippen molar-refractivity contribution in [2.24, 2.45) is 0 Å². The molecule has 0 unspecified atom stereocenters. The van der Waals surface area contributed by atoms with Crippen LogP contribution in [0.4, 0.5) is 5.69 Å². The number of piperidine rings is 1. The molecule has 1 saturated heterocycles. The van der Waals surface area contributed by atoms with Gasteiger partial charge in [-0.1, -0.05) is 16.8 Å². The summed E-state index contributed by atoms with van der Waals surface area (Å²) in [5, 5.41) is 4.78. The highest BCUT2D eigenvalue weighted by Crippen LogP contribution is 2.34. The standard InChI is InChI=1S/C22H20ClN7O2/c1-13-2-3-14(21-28-22(32-29-21)18-7-16(23)8-26-18)11-30(13)20-10-27-17(6-15(20)12-31)19-9-24-4-5-25-19/h4-10,12-14,26H,2-3,11H2,1H3/t13-,14+/m1/s1. The molecule has 1 N–H and O–H groups in total. The van der Waals surface area contributed by atoms with Crippen LogP contribution in [0.5, 0.6) is 0 Å². The minimum Gasteiger partial charge on any atom is -0.366 e. The van der Waals surface area contributed by atoms with Crippen LogP contribution in [-0.4, -0.2) is 48.9 Å². The zero-order chi connectivity index (χ0) is 22.1. The number of H-pyrrole nitrogens is 1. The number of nitrogens with zero attached hydrogens (tertiary/aromatic N) is 6. The van der Waals surface area contributed by atoms with Gasteiger partial charge in [0.15, 0.2) is 12.1 Å². The first-order chi connectivity index (χ1) is 15.6. The van der Waals surface area contributed by atoms with Gasteiger partial charge in [-0.25, -0.2) is 0 Å². The van der Waals surface area contributed by atoms with E-state index in [0.29, 0.717) is 45.9 Å². The van der Waals surface area contributed by atoms with E-state index in [2.05, 4.69) is 41.9 Å². The molecule has 162 valence electrons. The SMILES string of the molecule is C[C@@H]1CC[C@H](c2noc(-c3cc(Cl)c[nH]3)n2)CN1c1cnc(-c2cnccn2)cc1C=O. The average molecular weight is 450 g/mol. The lowest BCUT2D eigenvalue weighted by Crippen LogP contribution is -2.42. The lowest BCUT2D eigenvalue weighted by Gasteiger charge is -2.39. The molecule has 1 aliphatic rings.